The first-order valence-electron chi connectivity index (χ1n) is 6.09. The molecule has 0 unspecified atom stereocenters. The lowest BCUT2D eigenvalue weighted by Gasteiger charge is -2.20. The molecule has 0 aromatic carbocycles. The minimum atomic E-state index is 0.205. The maximum Gasteiger partial charge on any atom is 0.223 e. The number of piperidine rings is 1. The number of aromatic nitrogens is 3. The second kappa shape index (κ2) is 5.71. The number of nitrogens with one attached hydrogen (secondary N) is 1. The highest BCUT2D eigenvalue weighted by atomic mass is 35.5. The summed E-state index contributed by atoms with van der Waals surface area (Å²) < 4.78 is 0. The average molecular weight is 315 g/mol. The first kappa shape index (κ1) is 13.2. The molecule has 0 saturated carbocycles. The highest BCUT2D eigenvalue weighted by molar-refractivity contribution is 7.15. The van der Waals surface area contributed by atoms with E-state index in [1.165, 1.54) is 6.20 Å². The molecule has 100 valence electrons. The van der Waals surface area contributed by atoms with E-state index in [1.54, 1.807) is 11.3 Å². The largest absolute Gasteiger partial charge is 0.317 e. The van der Waals surface area contributed by atoms with Crippen molar-refractivity contribution in [1.29, 1.82) is 0 Å². The molecule has 0 amide bonds. The second-order valence-corrected chi connectivity index (χ2v) is 6.23. The van der Waals surface area contributed by atoms with Crippen LogP contribution in [0.25, 0.3) is 10.6 Å². The van der Waals surface area contributed by atoms with E-state index >= 15 is 0 Å². The highest BCUT2D eigenvalue weighted by Gasteiger charge is 2.20. The van der Waals surface area contributed by atoms with Gasteiger partial charge in [0.2, 0.25) is 5.28 Å². The van der Waals surface area contributed by atoms with E-state index in [9.17, 15) is 0 Å². The van der Waals surface area contributed by atoms with Crippen LogP contribution < -0.4 is 5.32 Å². The molecule has 19 heavy (non-hydrogen) atoms. The predicted octanol–water partition coefficient (Wildman–Crippen LogP) is 3.37. The Bertz CT molecular complexity index is 581. The molecule has 2 aromatic heterocycles. The molecule has 0 spiro atoms. The lowest BCUT2D eigenvalue weighted by atomic mass is 9.99. The molecule has 0 radical (unpaired) electrons. The van der Waals surface area contributed by atoms with Gasteiger partial charge in [-0.25, -0.2) is 15.0 Å². The zero-order valence-corrected chi connectivity index (χ0v) is 12.4. The molecule has 4 nitrogen and oxygen atoms in total. The third-order valence-electron chi connectivity index (χ3n) is 3.16. The lowest BCUT2D eigenvalue weighted by Crippen LogP contribution is -2.26. The van der Waals surface area contributed by atoms with Gasteiger partial charge < -0.3 is 5.32 Å². The van der Waals surface area contributed by atoms with Gasteiger partial charge in [-0.05, 0) is 37.5 Å². The van der Waals surface area contributed by atoms with Crippen molar-refractivity contribution >= 4 is 34.5 Å². The molecule has 1 aliphatic heterocycles. The van der Waals surface area contributed by atoms with Gasteiger partial charge in [0, 0.05) is 12.1 Å². The van der Waals surface area contributed by atoms with E-state index in [4.69, 9.17) is 23.2 Å². The number of hydrogen-bond donors (Lipinski definition) is 1. The van der Waals surface area contributed by atoms with Crippen LogP contribution in [-0.4, -0.2) is 28.0 Å². The van der Waals surface area contributed by atoms with Gasteiger partial charge in [0.15, 0.2) is 0 Å². The summed E-state index contributed by atoms with van der Waals surface area (Å²) in [5.41, 5.74) is 0.666. The number of halogens is 2. The Balaban J connectivity index is 1.89. The molecule has 3 heterocycles. The number of thiazole rings is 1. The zero-order valence-electron chi connectivity index (χ0n) is 10.1. The van der Waals surface area contributed by atoms with Crippen molar-refractivity contribution in [3.05, 3.63) is 27.7 Å². The smallest absolute Gasteiger partial charge is 0.223 e. The van der Waals surface area contributed by atoms with Crippen LogP contribution in [0.1, 0.15) is 23.8 Å². The van der Waals surface area contributed by atoms with Crippen molar-refractivity contribution in [3.8, 4) is 10.6 Å². The summed E-state index contributed by atoms with van der Waals surface area (Å²) in [6.07, 6.45) is 5.61. The van der Waals surface area contributed by atoms with E-state index in [-0.39, 0.29) is 5.28 Å². The third-order valence-corrected chi connectivity index (χ3v) is 4.79. The molecule has 7 heteroatoms. The number of hydrogen-bond acceptors (Lipinski definition) is 5. The van der Waals surface area contributed by atoms with Gasteiger partial charge in [0.25, 0.3) is 0 Å². The third kappa shape index (κ3) is 2.89. The summed E-state index contributed by atoms with van der Waals surface area (Å²) in [5, 5.41) is 5.22. The van der Waals surface area contributed by atoms with Crippen molar-refractivity contribution in [1.82, 2.24) is 20.3 Å². The standard InChI is InChI=1S/C12H12Cl2N4S/c13-8-5-17-12(14)18-10(8)9-6-16-11(19-9)7-1-3-15-4-2-7/h5-7,15H,1-4H2. The molecule has 1 N–H and O–H groups in total. The fraction of sp³-hybridized carbons (Fsp3) is 0.417. The Hall–Kier alpha value is -0.750. The van der Waals surface area contributed by atoms with Crippen LogP contribution in [-0.2, 0) is 0 Å². The highest BCUT2D eigenvalue weighted by Crippen LogP contribution is 2.35. The van der Waals surface area contributed by atoms with Gasteiger partial charge in [0.1, 0.15) is 5.69 Å². The minimum absolute atomic E-state index is 0.205. The molecule has 0 atom stereocenters. The maximum atomic E-state index is 6.11. The van der Waals surface area contributed by atoms with Crippen LogP contribution in [0.4, 0.5) is 0 Å². The van der Waals surface area contributed by atoms with Gasteiger partial charge in [-0.3, -0.25) is 0 Å². The van der Waals surface area contributed by atoms with Crippen molar-refractivity contribution in [2.24, 2.45) is 0 Å². The molecule has 1 fully saturated rings. The van der Waals surface area contributed by atoms with Gasteiger partial charge >= 0.3 is 0 Å². The minimum Gasteiger partial charge on any atom is -0.317 e. The van der Waals surface area contributed by atoms with E-state index in [2.05, 4.69) is 20.3 Å². The SMILES string of the molecule is Clc1ncc(Cl)c(-c2cnc(C3CCNCC3)s2)n1. The molecule has 0 aliphatic carbocycles. The molecular formula is C12H12Cl2N4S. The Morgan fingerprint density at radius 3 is 2.74 bits per heavy atom. The monoisotopic (exact) mass is 314 g/mol. The first-order valence-corrected chi connectivity index (χ1v) is 7.66. The van der Waals surface area contributed by atoms with E-state index in [0.29, 0.717) is 16.6 Å². The van der Waals surface area contributed by atoms with Gasteiger partial charge in [-0.15, -0.1) is 11.3 Å². The Labute approximate surface area is 125 Å². The molecular weight excluding hydrogens is 303 g/mol. The van der Waals surface area contributed by atoms with E-state index in [0.717, 1.165) is 35.8 Å². The zero-order chi connectivity index (χ0) is 13.2. The first-order chi connectivity index (χ1) is 9.24. The number of rotatable bonds is 2. The second-order valence-electron chi connectivity index (χ2n) is 4.42. The van der Waals surface area contributed by atoms with Crippen molar-refractivity contribution in [2.75, 3.05) is 13.1 Å². The molecule has 0 bridgehead atoms. The maximum absolute atomic E-state index is 6.11. The summed E-state index contributed by atoms with van der Waals surface area (Å²) in [6.45, 7) is 2.11. The Kier molecular flexibility index (Phi) is 3.98. The van der Waals surface area contributed by atoms with Crippen molar-refractivity contribution < 1.29 is 0 Å². The van der Waals surface area contributed by atoms with Crippen LogP contribution in [0.3, 0.4) is 0 Å². The molecule has 1 aliphatic rings. The van der Waals surface area contributed by atoms with Gasteiger partial charge in [-0.2, -0.15) is 0 Å². The fourth-order valence-corrected chi connectivity index (χ4v) is 3.65. The van der Waals surface area contributed by atoms with Crippen molar-refractivity contribution in [3.63, 3.8) is 0 Å². The topological polar surface area (TPSA) is 50.7 Å². The quantitative estimate of drug-likeness (QED) is 0.863. The van der Waals surface area contributed by atoms with Crippen LogP contribution >= 0.6 is 34.5 Å². The summed E-state index contributed by atoms with van der Waals surface area (Å²) >= 11 is 13.6. The molecule has 3 rings (SSSR count). The fourth-order valence-electron chi connectivity index (χ4n) is 2.17. The van der Waals surface area contributed by atoms with Crippen LogP contribution in [0.15, 0.2) is 12.4 Å². The summed E-state index contributed by atoms with van der Waals surface area (Å²) in [6, 6.07) is 0. The van der Waals surface area contributed by atoms with Gasteiger partial charge in [0.05, 0.1) is 21.1 Å². The normalized spacial score (nSPS) is 16.7. The van der Waals surface area contributed by atoms with Crippen LogP contribution in [0.5, 0.6) is 0 Å². The van der Waals surface area contributed by atoms with E-state index in [1.807, 2.05) is 6.20 Å². The predicted molar refractivity (Wildman–Crippen MR) is 78.0 cm³/mol. The summed E-state index contributed by atoms with van der Waals surface area (Å²) in [4.78, 5) is 13.5. The lowest BCUT2D eigenvalue weighted by molar-refractivity contribution is 0.459. The van der Waals surface area contributed by atoms with Crippen LogP contribution in [0.2, 0.25) is 10.3 Å². The Morgan fingerprint density at radius 2 is 1.95 bits per heavy atom. The average Bonchev–Trinajstić information content (AvgIpc) is 2.92. The summed E-state index contributed by atoms with van der Waals surface area (Å²) in [7, 11) is 0. The molecule has 1 saturated heterocycles. The Morgan fingerprint density at radius 1 is 1.16 bits per heavy atom. The molecule has 2 aromatic rings. The van der Waals surface area contributed by atoms with Crippen LogP contribution in [0, 0.1) is 0 Å². The van der Waals surface area contributed by atoms with Crippen molar-refractivity contribution in [2.45, 2.75) is 18.8 Å². The van der Waals surface area contributed by atoms with Gasteiger partial charge in [-0.1, -0.05) is 11.6 Å². The van der Waals surface area contributed by atoms with E-state index < -0.39 is 0 Å². The number of nitrogens with zero attached hydrogens (tertiary/aromatic N) is 3. The summed E-state index contributed by atoms with van der Waals surface area (Å²) in [5.74, 6) is 0.538.